The zero-order valence-corrected chi connectivity index (χ0v) is 11.1. The Morgan fingerprint density at radius 2 is 1.68 bits per heavy atom. The number of carbonyl (C=O) groups is 1. The molecule has 1 aromatic carbocycles. The molecule has 0 aliphatic heterocycles. The highest BCUT2D eigenvalue weighted by molar-refractivity contribution is 5.90. The van der Waals surface area contributed by atoms with E-state index in [9.17, 15) is 18.0 Å². The highest BCUT2D eigenvalue weighted by atomic mass is 19.2. The lowest BCUT2D eigenvalue weighted by molar-refractivity contribution is -0.116. The van der Waals surface area contributed by atoms with Gasteiger partial charge in [0.2, 0.25) is 5.91 Å². The number of benzene rings is 1. The summed E-state index contributed by atoms with van der Waals surface area (Å²) in [5.74, 6) is -3.97. The number of carbonyl (C=O) groups excluding carboxylic acids is 1. The third kappa shape index (κ3) is 5.30. The third-order valence-electron chi connectivity index (χ3n) is 2.29. The minimum Gasteiger partial charge on any atom is -0.323 e. The highest BCUT2D eigenvalue weighted by Crippen LogP contribution is 2.18. The molecule has 0 aromatic heterocycles. The largest absolute Gasteiger partial charge is 0.323 e. The molecule has 0 saturated carbocycles. The van der Waals surface area contributed by atoms with Crippen molar-refractivity contribution in [3.05, 3.63) is 29.6 Å². The Kier molecular flexibility index (Phi) is 4.94. The van der Waals surface area contributed by atoms with Crippen LogP contribution in [0.3, 0.4) is 0 Å². The third-order valence-corrected chi connectivity index (χ3v) is 2.29. The van der Waals surface area contributed by atoms with Gasteiger partial charge in [0, 0.05) is 30.6 Å². The van der Waals surface area contributed by atoms with E-state index in [-0.39, 0.29) is 17.6 Å². The van der Waals surface area contributed by atoms with E-state index in [1.54, 1.807) is 0 Å². The summed E-state index contributed by atoms with van der Waals surface area (Å²) in [6.45, 7) is 6.24. The summed E-state index contributed by atoms with van der Waals surface area (Å²) in [7, 11) is 0. The van der Waals surface area contributed by atoms with Crippen LogP contribution in [-0.4, -0.2) is 18.0 Å². The second-order valence-corrected chi connectivity index (χ2v) is 5.22. The average molecular weight is 274 g/mol. The average Bonchev–Trinajstić information content (AvgIpc) is 2.24. The van der Waals surface area contributed by atoms with Crippen molar-refractivity contribution >= 4 is 11.6 Å². The molecule has 106 valence electrons. The fraction of sp³-hybridized carbons (Fsp3) is 0.462. The lowest BCUT2D eigenvalue weighted by Gasteiger charge is -2.20. The Labute approximate surface area is 110 Å². The van der Waals surface area contributed by atoms with Crippen molar-refractivity contribution in [2.75, 3.05) is 11.9 Å². The van der Waals surface area contributed by atoms with Crippen LogP contribution in [0.2, 0.25) is 0 Å². The Bertz CT molecular complexity index is 470. The molecule has 1 aromatic rings. The lowest BCUT2D eigenvalue weighted by atomic mass is 10.1. The van der Waals surface area contributed by atoms with E-state index >= 15 is 0 Å². The Hall–Kier alpha value is -1.56. The van der Waals surface area contributed by atoms with Crippen LogP contribution >= 0.6 is 0 Å². The first kappa shape index (κ1) is 15.5. The van der Waals surface area contributed by atoms with Gasteiger partial charge in [0.25, 0.3) is 0 Å². The second-order valence-electron chi connectivity index (χ2n) is 5.22. The quantitative estimate of drug-likeness (QED) is 0.829. The van der Waals surface area contributed by atoms with Crippen LogP contribution in [-0.2, 0) is 4.79 Å². The van der Waals surface area contributed by atoms with Gasteiger partial charge in [-0.2, -0.15) is 0 Å². The van der Waals surface area contributed by atoms with E-state index in [0.29, 0.717) is 18.7 Å². The van der Waals surface area contributed by atoms with E-state index in [0.717, 1.165) is 0 Å². The van der Waals surface area contributed by atoms with E-state index in [1.165, 1.54) is 0 Å². The molecule has 6 heteroatoms. The number of anilines is 1. The number of hydrogen-bond donors (Lipinski definition) is 2. The van der Waals surface area contributed by atoms with Gasteiger partial charge in [-0.1, -0.05) is 0 Å². The SMILES string of the molecule is CC(C)(C)NCCC(=O)Nc1cc(F)c(F)cc1F. The fourth-order valence-electron chi connectivity index (χ4n) is 1.38. The van der Waals surface area contributed by atoms with E-state index in [2.05, 4.69) is 10.6 Å². The van der Waals surface area contributed by atoms with Gasteiger partial charge in [0.15, 0.2) is 11.6 Å². The Morgan fingerprint density at radius 3 is 2.26 bits per heavy atom. The van der Waals surface area contributed by atoms with Gasteiger partial charge in [-0.05, 0) is 20.8 Å². The van der Waals surface area contributed by atoms with E-state index in [1.807, 2.05) is 20.8 Å². The van der Waals surface area contributed by atoms with Crippen LogP contribution in [0.4, 0.5) is 18.9 Å². The van der Waals surface area contributed by atoms with Crippen LogP contribution < -0.4 is 10.6 Å². The Morgan fingerprint density at radius 1 is 1.11 bits per heavy atom. The molecular formula is C13H17F3N2O. The number of halogens is 3. The number of amides is 1. The monoisotopic (exact) mass is 274 g/mol. The minimum atomic E-state index is -1.29. The first-order chi connectivity index (χ1) is 8.69. The maximum Gasteiger partial charge on any atom is 0.225 e. The number of nitrogens with one attached hydrogen (secondary N) is 2. The lowest BCUT2D eigenvalue weighted by Crippen LogP contribution is -2.37. The molecule has 0 fully saturated rings. The molecule has 0 unspecified atom stereocenters. The molecule has 1 amide bonds. The van der Waals surface area contributed by atoms with Crippen molar-refractivity contribution in [3.8, 4) is 0 Å². The normalized spacial score (nSPS) is 11.5. The summed E-state index contributed by atoms with van der Waals surface area (Å²) in [6, 6.07) is 1.03. The van der Waals surface area contributed by atoms with Gasteiger partial charge in [-0.15, -0.1) is 0 Å². The van der Waals surface area contributed by atoms with Crippen LogP contribution in [0.1, 0.15) is 27.2 Å². The molecule has 0 saturated heterocycles. The van der Waals surface area contributed by atoms with Crippen LogP contribution in [0.15, 0.2) is 12.1 Å². The molecule has 2 N–H and O–H groups in total. The van der Waals surface area contributed by atoms with Crippen LogP contribution in [0.5, 0.6) is 0 Å². The highest BCUT2D eigenvalue weighted by Gasteiger charge is 2.13. The first-order valence-electron chi connectivity index (χ1n) is 5.88. The van der Waals surface area contributed by atoms with Crippen LogP contribution in [0, 0.1) is 17.5 Å². The van der Waals surface area contributed by atoms with Crippen molar-refractivity contribution in [3.63, 3.8) is 0 Å². The summed E-state index contributed by atoms with van der Waals surface area (Å²) in [5.41, 5.74) is -0.493. The predicted octanol–water partition coefficient (Wildman–Crippen LogP) is 2.82. The summed E-state index contributed by atoms with van der Waals surface area (Å²) >= 11 is 0. The first-order valence-corrected chi connectivity index (χ1v) is 5.88. The number of hydrogen-bond acceptors (Lipinski definition) is 2. The summed E-state index contributed by atoms with van der Waals surface area (Å²) < 4.78 is 38.9. The van der Waals surface area contributed by atoms with Crippen molar-refractivity contribution in [1.29, 1.82) is 0 Å². The topological polar surface area (TPSA) is 41.1 Å². The van der Waals surface area contributed by atoms with Crippen molar-refractivity contribution in [1.82, 2.24) is 5.32 Å². The summed E-state index contributed by atoms with van der Waals surface area (Å²) in [5, 5.41) is 5.29. The zero-order valence-electron chi connectivity index (χ0n) is 11.1. The maximum atomic E-state index is 13.3. The molecule has 3 nitrogen and oxygen atoms in total. The number of rotatable bonds is 4. The molecule has 0 aliphatic carbocycles. The molecule has 0 heterocycles. The van der Waals surface area contributed by atoms with Gasteiger partial charge < -0.3 is 10.6 Å². The molecule has 0 aliphatic rings. The molecule has 0 radical (unpaired) electrons. The summed E-state index contributed by atoms with van der Waals surface area (Å²) in [6.07, 6.45) is 0.107. The van der Waals surface area contributed by atoms with E-state index in [4.69, 9.17) is 0 Å². The fourth-order valence-corrected chi connectivity index (χ4v) is 1.38. The van der Waals surface area contributed by atoms with Gasteiger partial charge in [0.1, 0.15) is 5.82 Å². The second kappa shape index (κ2) is 6.06. The molecule has 0 atom stereocenters. The van der Waals surface area contributed by atoms with Crippen molar-refractivity contribution < 1.29 is 18.0 Å². The molecule has 0 bridgehead atoms. The molecule has 19 heavy (non-hydrogen) atoms. The molecule has 0 spiro atoms. The van der Waals surface area contributed by atoms with Crippen molar-refractivity contribution in [2.24, 2.45) is 0 Å². The maximum absolute atomic E-state index is 13.3. The molecule has 1 rings (SSSR count). The van der Waals surface area contributed by atoms with Gasteiger partial charge >= 0.3 is 0 Å². The Balaban J connectivity index is 2.56. The van der Waals surface area contributed by atoms with Crippen molar-refractivity contribution in [2.45, 2.75) is 32.7 Å². The van der Waals surface area contributed by atoms with E-state index < -0.39 is 23.4 Å². The van der Waals surface area contributed by atoms with Gasteiger partial charge in [0.05, 0.1) is 5.69 Å². The van der Waals surface area contributed by atoms with Gasteiger partial charge in [-0.25, -0.2) is 13.2 Å². The molecular weight excluding hydrogens is 257 g/mol. The zero-order chi connectivity index (χ0) is 14.6. The minimum absolute atomic E-state index is 0.107. The summed E-state index contributed by atoms with van der Waals surface area (Å²) in [4.78, 5) is 11.5. The van der Waals surface area contributed by atoms with Crippen LogP contribution in [0.25, 0.3) is 0 Å². The smallest absolute Gasteiger partial charge is 0.225 e. The standard InChI is InChI=1S/C13H17F3N2O/c1-13(2,3)17-5-4-12(19)18-11-7-9(15)8(14)6-10(11)16/h6-7,17H,4-5H2,1-3H3,(H,18,19). The van der Waals surface area contributed by atoms with Gasteiger partial charge in [-0.3, -0.25) is 4.79 Å². The predicted molar refractivity (Wildman–Crippen MR) is 67.3 cm³/mol.